The molecule has 140 valence electrons. The lowest BCUT2D eigenvalue weighted by atomic mass is 9.84. The molecule has 0 saturated carbocycles. The first-order valence-electron chi connectivity index (χ1n) is 9.37. The Hall–Kier alpha value is -3.40. The number of nitrogens with zero attached hydrogens (tertiary/aromatic N) is 2. The van der Waals surface area contributed by atoms with Crippen LogP contribution in [0.15, 0.2) is 91.0 Å². The summed E-state index contributed by atoms with van der Waals surface area (Å²) in [6.07, 6.45) is 0. The summed E-state index contributed by atoms with van der Waals surface area (Å²) in [5.74, 6) is 0. The van der Waals surface area contributed by atoms with Gasteiger partial charge in [-0.05, 0) is 24.3 Å². The minimum Gasteiger partial charge on any atom is -0.623 e. The lowest BCUT2D eigenvalue weighted by Crippen LogP contribution is -2.54. The van der Waals surface area contributed by atoms with Crippen molar-refractivity contribution in [1.29, 1.82) is 0 Å². The molecule has 0 fully saturated rings. The summed E-state index contributed by atoms with van der Waals surface area (Å²) >= 11 is 0. The summed E-state index contributed by atoms with van der Waals surface area (Å²) in [4.78, 5) is 0. The molecular formula is C24H23N2O2+. The van der Waals surface area contributed by atoms with E-state index in [1.807, 2.05) is 105 Å². The molecule has 0 bridgehead atoms. The third kappa shape index (κ3) is 2.87. The SMILES string of the molecule is CC1(C)[C@H](c2ccccc2)[N+](O)=C(c2ccccc2)C(c2ccccc2)=[N+]1[O-]. The van der Waals surface area contributed by atoms with Crippen LogP contribution in [-0.4, -0.2) is 31.6 Å². The van der Waals surface area contributed by atoms with E-state index in [1.54, 1.807) is 0 Å². The van der Waals surface area contributed by atoms with Gasteiger partial charge >= 0.3 is 5.71 Å². The van der Waals surface area contributed by atoms with Gasteiger partial charge in [-0.15, -0.1) is 0 Å². The molecule has 4 rings (SSSR count). The van der Waals surface area contributed by atoms with Gasteiger partial charge < -0.3 is 5.21 Å². The van der Waals surface area contributed by atoms with E-state index in [1.165, 1.54) is 4.74 Å². The largest absolute Gasteiger partial charge is 0.623 e. The molecule has 0 unspecified atom stereocenters. The van der Waals surface area contributed by atoms with Crippen molar-refractivity contribution in [3.63, 3.8) is 0 Å². The molecule has 4 nitrogen and oxygen atoms in total. The maximum absolute atomic E-state index is 13.7. The van der Waals surface area contributed by atoms with E-state index in [0.29, 0.717) is 11.4 Å². The van der Waals surface area contributed by atoms with Gasteiger partial charge in [0.25, 0.3) is 11.8 Å². The van der Waals surface area contributed by atoms with E-state index in [2.05, 4.69) is 0 Å². The van der Waals surface area contributed by atoms with Gasteiger partial charge in [-0.3, -0.25) is 5.21 Å². The van der Waals surface area contributed by atoms with Gasteiger partial charge in [-0.25, -0.2) is 0 Å². The summed E-state index contributed by atoms with van der Waals surface area (Å²) < 4.78 is 2.32. The molecule has 4 heteroatoms. The molecule has 1 atom stereocenters. The Balaban J connectivity index is 2.03. The molecule has 0 spiro atoms. The van der Waals surface area contributed by atoms with Crippen LogP contribution in [0, 0.1) is 5.21 Å². The van der Waals surface area contributed by atoms with Crippen molar-refractivity contribution >= 4 is 11.4 Å². The fourth-order valence-electron chi connectivity index (χ4n) is 3.93. The van der Waals surface area contributed by atoms with Gasteiger partial charge in [0, 0.05) is 24.1 Å². The van der Waals surface area contributed by atoms with Crippen LogP contribution in [0.4, 0.5) is 0 Å². The first kappa shape index (κ1) is 18.0. The standard InChI is InChI=1S/C24H23N2O2/c1-24(2)23(20-16-10-5-11-17-20)25(27)21(18-12-6-3-7-13-18)22(26(24)28)19-14-8-4-9-15-19/h3-17,23,27H,1-2H3/q+1/t23-/m0/s1. The molecule has 28 heavy (non-hydrogen) atoms. The molecular weight excluding hydrogens is 348 g/mol. The summed E-state index contributed by atoms with van der Waals surface area (Å²) in [6, 6.07) is 28.2. The summed E-state index contributed by atoms with van der Waals surface area (Å²) in [7, 11) is 0. The maximum Gasteiger partial charge on any atom is 0.330 e. The van der Waals surface area contributed by atoms with Crippen molar-refractivity contribution in [1.82, 2.24) is 0 Å². The summed E-state index contributed by atoms with van der Waals surface area (Å²) in [6.45, 7) is 3.73. The van der Waals surface area contributed by atoms with E-state index < -0.39 is 11.6 Å². The van der Waals surface area contributed by atoms with Gasteiger partial charge in [-0.1, -0.05) is 66.7 Å². The number of hydrogen-bond acceptors (Lipinski definition) is 2. The normalized spacial score (nSPS) is 19.0. The van der Waals surface area contributed by atoms with Crippen LogP contribution in [0.5, 0.6) is 0 Å². The van der Waals surface area contributed by atoms with Crippen LogP contribution in [0.3, 0.4) is 0 Å². The Labute approximate surface area is 164 Å². The predicted molar refractivity (Wildman–Crippen MR) is 110 cm³/mol. The fourth-order valence-corrected chi connectivity index (χ4v) is 3.93. The van der Waals surface area contributed by atoms with Crippen molar-refractivity contribution < 1.29 is 14.7 Å². The quantitative estimate of drug-likeness (QED) is 0.421. The summed E-state index contributed by atoms with van der Waals surface area (Å²) in [5.41, 5.74) is 2.54. The maximum atomic E-state index is 13.7. The average molecular weight is 371 g/mol. The molecule has 3 aromatic rings. The molecule has 1 aliphatic heterocycles. The van der Waals surface area contributed by atoms with Crippen LogP contribution in [-0.2, 0) is 0 Å². The lowest BCUT2D eigenvalue weighted by molar-refractivity contribution is -0.835. The number of hydrogen-bond donors (Lipinski definition) is 1. The molecule has 0 aliphatic carbocycles. The van der Waals surface area contributed by atoms with Gasteiger partial charge in [-0.2, -0.15) is 4.74 Å². The Morgan fingerprint density at radius 3 is 1.64 bits per heavy atom. The van der Waals surface area contributed by atoms with Crippen LogP contribution in [0.1, 0.15) is 36.6 Å². The Bertz CT molecular complexity index is 1040. The van der Waals surface area contributed by atoms with Crippen molar-refractivity contribution in [3.05, 3.63) is 113 Å². The molecule has 0 aromatic heterocycles. The highest BCUT2D eigenvalue weighted by Crippen LogP contribution is 2.35. The second-order valence-corrected chi connectivity index (χ2v) is 7.54. The van der Waals surface area contributed by atoms with E-state index in [4.69, 9.17) is 0 Å². The van der Waals surface area contributed by atoms with Crippen molar-refractivity contribution in [3.8, 4) is 0 Å². The van der Waals surface area contributed by atoms with Gasteiger partial charge in [0.05, 0.1) is 11.1 Å². The fraction of sp³-hybridized carbons (Fsp3) is 0.167. The third-order valence-electron chi connectivity index (χ3n) is 5.30. The highest BCUT2D eigenvalue weighted by molar-refractivity contribution is 6.50. The zero-order chi connectivity index (χ0) is 19.7. The minimum atomic E-state index is -0.889. The second kappa shape index (κ2) is 6.97. The lowest BCUT2D eigenvalue weighted by Gasteiger charge is -2.32. The third-order valence-corrected chi connectivity index (χ3v) is 5.30. The van der Waals surface area contributed by atoms with Gasteiger partial charge in [0.15, 0.2) is 0 Å². The molecule has 0 radical (unpaired) electrons. The highest BCUT2D eigenvalue weighted by Gasteiger charge is 2.56. The Morgan fingerprint density at radius 2 is 1.14 bits per heavy atom. The average Bonchev–Trinajstić information content (AvgIpc) is 2.72. The molecule has 3 aromatic carbocycles. The van der Waals surface area contributed by atoms with Crippen LogP contribution in [0.2, 0.25) is 0 Å². The topological polar surface area (TPSA) is 49.3 Å². The first-order valence-corrected chi connectivity index (χ1v) is 9.37. The van der Waals surface area contributed by atoms with E-state index in [-0.39, 0.29) is 0 Å². The zero-order valence-electron chi connectivity index (χ0n) is 16.0. The van der Waals surface area contributed by atoms with Gasteiger partial charge in [0.2, 0.25) is 5.54 Å². The van der Waals surface area contributed by atoms with Crippen LogP contribution in [0.25, 0.3) is 0 Å². The Morgan fingerprint density at radius 1 is 0.714 bits per heavy atom. The van der Waals surface area contributed by atoms with E-state index in [9.17, 15) is 10.4 Å². The van der Waals surface area contributed by atoms with Crippen LogP contribution >= 0.6 is 0 Å². The first-order chi connectivity index (χ1) is 13.5. The smallest absolute Gasteiger partial charge is 0.330 e. The Kier molecular flexibility index (Phi) is 4.47. The van der Waals surface area contributed by atoms with Crippen molar-refractivity contribution in [2.24, 2.45) is 0 Å². The zero-order valence-corrected chi connectivity index (χ0v) is 16.0. The molecule has 0 saturated heterocycles. The second-order valence-electron chi connectivity index (χ2n) is 7.54. The molecule has 1 N–H and O–H groups in total. The number of hydroxylamine groups is 2. The highest BCUT2D eigenvalue weighted by atomic mass is 16.5. The van der Waals surface area contributed by atoms with Gasteiger partial charge in [0.1, 0.15) is 0 Å². The van der Waals surface area contributed by atoms with Crippen molar-refractivity contribution in [2.75, 3.05) is 0 Å². The molecule has 1 heterocycles. The van der Waals surface area contributed by atoms with E-state index in [0.717, 1.165) is 21.4 Å². The minimum absolute atomic E-state index is 0.464. The summed E-state index contributed by atoms with van der Waals surface area (Å²) in [5, 5.41) is 25.1. The number of benzene rings is 3. The molecule has 0 amide bonds. The number of rotatable bonds is 3. The van der Waals surface area contributed by atoms with Crippen molar-refractivity contribution in [2.45, 2.75) is 25.4 Å². The predicted octanol–water partition coefficient (Wildman–Crippen LogP) is 4.41. The van der Waals surface area contributed by atoms with E-state index >= 15 is 0 Å². The molecule has 1 aliphatic rings. The van der Waals surface area contributed by atoms with Crippen LogP contribution < -0.4 is 0 Å². The monoisotopic (exact) mass is 371 g/mol.